The second-order valence-electron chi connectivity index (χ2n) is 6.28. The first-order chi connectivity index (χ1) is 9.13. The van der Waals surface area contributed by atoms with Crippen LogP contribution in [0.1, 0.15) is 62.8 Å². The largest absolute Gasteiger partial charge is 0.383 e. The van der Waals surface area contributed by atoms with Crippen LogP contribution in [0.25, 0.3) is 0 Å². The average Bonchev–Trinajstić information content (AvgIpc) is 3.17. The Labute approximate surface area is 115 Å². The van der Waals surface area contributed by atoms with Crippen molar-refractivity contribution >= 4 is 11.6 Å². The van der Waals surface area contributed by atoms with Crippen LogP contribution in [0.2, 0.25) is 0 Å². The van der Waals surface area contributed by atoms with Gasteiger partial charge in [0.2, 0.25) is 0 Å². The van der Waals surface area contributed by atoms with Gasteiger partial charge in [-0.05, 0) is 44.4 Å². The van der Waals surface area contributed by atoms with Gasteiger partial charge in [0, 0.05) is 18.0 Å². The lowest BCUT2D eigenvalue weighted by Crippen LogP contribution is -2.36. The number of aromatic nitrogens is 2. The molecule has 3 rings (SSSR count). The number of nitrogens with two attached hydrogens (primary N) is 1. The standard InChI is InChI=1S/C15H24N4/c1-3-15(7-4-8-15)9-17-13-10(2)12(16)18-14(19-13)11-5-6-11/h11H,3-9H2,1-2H3,(H3,16,17,18,19). The van der Waals surface area contributed by atoms with Crippen molar-refractivity contribution in [3.8, 4) is 0 Å². The fourth-order valence-electron chi connectivity index (χ4n) is 2.85. The van der Waals surface area contributed by atoms with Crippen LogP contribution in [0.5, 0.6) is 0 Å². The molecule has 0 atom stereocenters. The first kappa shape index (κ1) is 12.7. The number of nitrogens with zero attached hydrogens (tertiary/aromatic N) is 2. The van der Waals surface area contributed by atoms with Gasteiger partial charge in [0.1, 0.15) is 17.5 Å². The lowest BCUT2D eigenvalue weighted by molar-refractivity contribution is 0.145. The maximum atomic E-state index is 6.01. The Morgan fingerprint density at radius 1 is 1.32 bits per heavy atom. The molecule has 1 heterocycles. The zero-order valence-electron chi connectivity index (χ0n) is 12.0. The molecule has 0 spiro atoms. The summed E-state index contributed by atoms with van der Waals surface area (Å²) in [7, 11) is 0. The van der Waals surface area contributed by atoms with E-state index in [1.165, 1.54) is 38.5 Å². The summed E-state index contributed by atoms with van der Waals surface area (Å²) in [6.07, 6.45) is 7.71. The normalized spacial score (nSPS) is 20.9. The van der Waals surface area contributed by atoms with Crippen molar-refractivity contribution in [2.75, 3.05) is 17.6 Å². The van der Waals surface area contributed by atoms with Crippen molar-refractivity contribution in [2.24, 2.45) is 5.41 Å². The Kier molecular flexibility index (Phi) is 3.11. The van der Waals surface area contributed by atoms with Crippen LogP contribution in [0.4, 0.5) is 11.6 Å². The molecule has 104 valence electrons. The van der Waals surface area contributed by atoms with E-state index in [1.807, 2.05) is 6.92 Å². The molecule has 4 heteroatoms. The van der Waals surface area contributed by atoms with Gasteiger partial charge in [-0.25, -0.2) is 9.97 Å². The molecule has 0 saturated heterocycles. The van der Waals surface area contributed by atoms with E-state index in [1.54, 1.807) is 0 Å². The Balaban J connectivity index is 1.75. The van der Waals surface area contributed by atoms with E-state index in [0.29, 0.717) is 17.2 Å². The molecule has 0 bridgehead atoms. The number of nitrogens with one attached hydrogen (secondary N) is 1. The minimum atomic E-state index is 0.492. The van der Waals surface area contributed by atoms with E-state index in [-0.39, 0.29) is 0 Å². The Morgan fingerprint density at radius 2 is 2.05 bits per heavy atom. The van der Waals surface area contributed by atoms with E-state index < -0.39 is 0 Å². The first-order valence-corrected chi connectivity index (χ1v) is 7.51. The minimum absolute atomic E-state index is 0.492. The first-order valence-electron chi connectivity index (χ1n) is 7.51. The van der Waals surface area contributed by atoms with Gasteiger partial charge in [0.15, 0.2) is 0 Å². The molecule has 0 aliphatic heterocycles. The van der Waals surface area contributed by atoms with Gasteiger partial charge in [-0.1, -0.05) is 13.3 Å². The summed E-state index contributed by atoms with van der Waals surface area (Å²) < 4.78 is 0. The number of rotatable bonds is 5. The van der Waals surface area contributed by atoms with Crippen molar-refractivity contribution in [1.29, 1.82) is 0 Å². The molecular formula is C15H24N4. The second-order valence-corrected chi connectivity index (χ2v) is 6.28. The van der Waals surface area contributed by atoms with Crippen molar-refractivity contribution < 1.29 is 0 Å². The molecule has 1 aromatic rings. The third-order valence-electron chi connectivity index (χ3n) is 4.94. The number of nitrogen functional groups attached to an aromatic ring is 1. The van der Waals surface area contributed by atoms with Crippen molar-refractivity contribution in [2.45, 2.75) is 58.3 Å². The Morgan fingerprint density at radius 3 is 2.58 bits per heavy atom. The molecule has 19 heavy (non-hydrogen) atoms. The zero-order chi connectivity index (χ0) is 13.5. The second kappa shape index (κ2) is 4.66. The highest BCUT2D eigenvalue weighted by Gasteiger charge is 2.35. The highest BCUT2D eigenvalue weighted by Crippen LogP contribution is 2.44. The Hall–Kier alpha value is -1.32. The maximum Gasteiger partial charge on any atom is 0.136 e. The predicted octanol–water partition coefficient (Wildman–Crippen LogP) is 3.24. The Bertz CT molecular complexity index is 470. The molecule has 1 aromatic heterocycles. The van der Waals surface area contributed by atoms with E-state index in [9.17, 15) is 0 Å². The highest BCUT2D eigenvalue weighted by molar-refractivity contribution is 5.55. The lowest BCUT2D eigenvalue weighted by Gasteiger charge is -2.41. The van der Waals surface area contributed by atoms with Crippen LogP contribution in [-0.4, -0.2) is 16.5 Å². The third-order valence-corrected chi connectivity index (χ3v) is 4.94. The summed E-state index contributed by atoms with van der Waals surface area (Å²) in [6.45, 7) is 5.32. The average molecular weight is 260 g/mol. The van der Waals surface area contributed by atoms with Crippen molar-refractivity contribution in [3.05, 3.63) is 11.4 Å². The van der Waals surface area contributed by atoms with Crippen LogP contribution < -0.4 is 11.1 Å². The van der Waals surface area contributed by atoms with Crippen LogP contribution in [0, 0.1) is 12.3 Å². The van der Waals surface area contributed by atoms with Gasteiger partial charge >= 0.3 is 0 Å². The molecule has 0 aromatic carbocycles. The smallest absolute Gasteiger partial charge is 0.136 e. The quantitative estimate of drug-likeness (QED) is 0.853. The van der Waals surface area contributed by atoms with E-state index >= 15 is 0 Å². The fraction of sp³-hybridized carbons (Fsp3) is 0.733. The van der Waals surface area contributed by atoms with Gasteiger partial charge < -0.3 is 11.1 Å². The van der Waals surface area contributed by atoms with Gasteiger partial charge in [0.25, 0.3) is 0 Å². The zero-order valence-corrected chi connectivity index (χ0v) is 12.0. The molecular weight excluding hydrogens is 236 g/mol. The highest BCUT2D eigenvalue weighted by atomic mass is 15.1. The predicted molar refractivity (Wildman–Crippen MR) is 78.2 cm³/mol. The monoisotopic (exact) mass is 260 g/mol. The SMILES string of the molecule is CCC1(CNc2nc(C3CC3)nc(N)c2C)CCC1. The summed E-state index contributed by atoms with van der Waals surface area (Å²) in [5.74, 6) is 3.07. The van der Waals surface area contributed by atoms with E-state index in [4.69, 9.17) is 5.73 Å². The van der Waals surface area contributed by atoms with Gasteiger partial charge in [-0.15, -0.1) is 0 Å². The summed E-state index contributed by atoms with van der Waals surface area (Å²) in [6, 6.07) is 0. The maximum absolute atomic E-state index is 6.01. The summed E-state index contributed by atoms with van der Waals surface area (Å²) >= 11 is 0. The number of hydrogen-bond donors (Lipinski definition) is 2. The van der Waals surface area contributed by atoms with Gasteiger partial charge in [-0.3, -0.25) is 0 Å². The van der Waals surface area contributed by atoms with Crippen LogP contribution in [0.15, 0.2) is 0 Å². The van der Waals surface area contributed by atoms with Gasteiger partial charge in [-0.2, -0.15) is 0 Å². The lowest BCUT2D eigenvalue weighted by atomic mass is 9.67. The van der Waals surface area contributed by atoms with Crippen molar-refractivity contribution in [3.63, 3.8) is 0 Å². The number of anilines is 2. The van der Waals surface area contributed by atoms with Crippen molar-refractivity contribution in [1.82, 2.24) is 9.97 Å². The van der Waals surface area contributed by atoms with Crippen LogP contribution in [-0.2, 0) is 0 Å². The van der Waals surface area contributed by atoms with E-state index in [2.05, 4.69) is 22.2 Å². The third kappa shape index (κ3) is 2.40. The molecule has 2 saturated carbocycles. The minimum Gasteiger partial charge on any atom is -0.383 e. The fourth-order valence-corrected chi connectivity index (χ4v) is 2.85. The molecule has 0 unspecified atom stereocenters. The van der Waals surface area contributed by atoms with Crippen LogP contribution >= 0.6 is 0 Å². The summed E-state index contributed by atoms with van der Waals surface area (Å²) in [4.78, 5) is 9.11. The van der Waals surface area contributed by atoms with Crippen LogP contribution in [0.3, 0.4) is 0 Å². The molecule has 2 fully saturated rings. The molecule has 2 aliphatic rings. The summed E-state index contributed by atoms with van der Waals surface area (Å²) in [5.41, 5.74) is 7.50. The van der Waals surface area contributed by atoms with E-state index in [0.717, 1.165) is 23.8 Å². The molecule has 0 radical (unpaired) electrons. The van der Waals surface area contributed by atoms with Gasteiger partial charge in [0.05, 0.1) is 0 Å². The summed E-state index contributed by atoms with van der Waals surface area (Å²) in [5, 5.41) is 3.54. The molecule has 3 N–H and O–H groups in total. The molecule has 2 aliphatic carbocycles. The molecule has 4 nitrogen and oxygen atoms in total. The topological polar surface area (TPSA) is 63.8 Å². The molecule has 0 amide bonds. The number of hydrogen-bond acceptors (Lipinski definition) is 4.